The molecule has 1 saturated heterocycles. The van der Waals surface area contributed by atoms with E-state index in [1.165, 1.54) is 4.90 Å². The molecule has 32 heavy (non-hydrogen) atoms. The Morgan fingerprint density at radius 2 is 1.66 bits per heavy atom. The van der Waals surface area contributed by atoms with Gasteiger partial charge in [0.05, 0.1) is 23.7 Å². The van der Waals surface area contributed by atoms with Crippen LogP contribution in [-0.2, 0) is 23.6 Å². The molecular weight excluding hydrogens is 440 g/mol. The summed E-state index contributed by atoms with van der Waals surface area (Å²) in [6.07, 6.45) is -7.77. The fourth-order valence-electron chi connectivity index (χ4n) is 3.60. The van der Waals surface area contributed by atoms with Gasteiger partial charge >= 0.3 is 18.4 Å². The summed E-state index contributed by atoms with van der Waals surface area (Å²) in [7, 11) is 0. The average molecular weight is 465 g/mol. The van der Waals surface area contributed by atoms with Crippen molar-refractivity contribution in [2.24, 2.45) is 0 Å². The van der Waals surface area contributed by atoms with Gasteiger partial charge in [0.1, 0.15) is 5.60 Å². The first kappa shape index (κ1) is 25.6. The van der Waals surface area contributed by atoms with Crippen LogP contribution in [0.3, 0.4) is 0 Å². The van der Waals surface area contributed by atoms with Crippen LogP contribution >= 0.6 is 0 Å². The molecule has 0 radical (unpaired) electrons. The Hall–Kier alpha value is -2.64. The number of benzene rings is 1. The lowest BCUT2D eigenvalue weighted by atomic mass is 10.0. The topological polar surface area (TPSA) is 56.6 Å². The third-order valence-corrected chi connectivity index (χ3v) is 5.06. The van der Waals surface area contributed by atoms with Gasteiger partial charge in [-0.05, 0) is 57.4 Å². The minimum absolute atomic E-state index is 0.0487. The summed E-state index contributed by atoms with van der Waals surface area (Å²) in [5.41, 5.74) is -3.91. The summed E-state index contributed by atoms with van der Waals surface area (Å²) in [6.45, 7) is 6.56. The van der Waals surface area contributed by atoms with E-state index in [1.54, 1.807) is 20.8 Å². The number of amides is 1. The van der Waals surface area contributed by atoms with Crippen molar-refractivity contribution >= 4 is 6.09 Å². The number of hydrogen-bond donors (Lipinski definition) is 0. The summed E-state index contributed by atoms with van der Waals surface area (Å²) in [4.78, 5) is 15.1. The minimum atomic E-state index is -4.97. The molecule has 0 saturated carbocycles. The van der Waals surface area contributed by atoms with Gasteiger partial charge in [-0.1, -0.05) is 6.92 Å². The van der Waals surface area contributed by atoms with Crippen LogP contribution in [0.15, 0.2) is 18.2 Å². The zero-order chi connectivity index (χ0) is 24.5. The Labute approximate surface area is 182 Å². The zero-order valence-electron chi connectivity index (χ0n) is 18.1. The lowest BCUT2D eigenvalue weighted by Crippen LogP contribution is -2.41. The van der Waals surface area contributed by atoms with E-state index in [4.69, 9.17) is 4.74 Å². The quantitative estimate of drug-likeness (QED) is 0.321. The monoisotopic (exact) mass is 465 g/mol. The fraction of sp³-hybridized carbons (Fsp3) is 0.619. The first-order chi connectivity index (χ1) is 14.5. The van der Waals surface area contributed by atoms with E-state index in [1.807, 2.05) is 13.1 Å². The first-order valence-corrected chi connectivity index (χ1v) is 9.99. The second-order valence-electron chi connectivity index (χ2n) is 8.73. The lowest BCUT2D eigenvalue weighted by Gasteiger charge is -2.28. The molecule has 1 fully saturated rings. The molecule has 1 aliphatic rings. The SMILES string of the molecule is CC[C@@H]1C[C@H](N(C#N)Cc2cc(C(F)(F)F)cc(C(F)(F)F)c2)CN1C(=O)OC(C)(C)C. The maximum atomic E-state index is 13.1. The van der Waals surface area contributed by atoms with Crippen molar-refractivity contribution in [1.82, 2.24) is 9.80 Å². The van der Waals surface area contributed by atoms with Crippen LogP contribution in [0.4, 0.5) is 31.1 Å². The van der Waals surface area contributed by atoms with Gasteiger partial charge in [0.15, 0.2) is 6.19 Å². The van der Waals surface area contributed by atoms with Crippen molar-refractivity contribution in [1.29, 1.82) is 5.26 Å². The van der Waals surface area contributed by atoms with Crippen LogP contribution in [0, 0.1) is 11.5 Å². The van der Waals surface area contributed by atoms with Crippen LogP contribution in [-0.4, -0.2) is 40.1 Å². The molecule has 1 heterocycles. The Morgan fingerprint density at radius 3 is 2.06 bits per heavy atom. The molecule has 2 atom stereocenters. The number of nitrogens with zero attached hydrogens (tertiary/aromatic N) is 3. The summed E-state index contributed by atoms with van der Waals surface area (Å²) in [5, 5.41) is 9.57. The number of hydrogen-bond acceptors (Lipinski definition) is 4. The number of halogens is 6. The molecule has 1 aromatic rings. The number of rotatable bonds is 4. The first-order valence-electron chi connectivity index (χ1n) is 9.99. The molecule has 0 unspecified atom stereocenters. The number of carbonyl (C=O) groups is 1. The minimum Gasteiger partial charge on any atom is -0.444 e. The third-order valence-electron chi connectivity index (χ3n) is 5.06. The number of likely N-dealkylation sites (tertiary alicyclic amines) is 1. The predicted molar refractivity (Wildman–Crippen MR) is 103 cm³/mol. The zero-order valence-corrected chi connectivity index (χ0v) is 18.1. The highest BCUT2D eigenvalue weighted by atomic mass is 19.4. The summed E-state index contributed by atoms with van der Waals surface area (Å²) in [6, 6.07) is 0.432. The van der Waals surface area contributed by atoms with E-state index >= 15 is 0 Å². The number of ether oxygens (including phenoxy) is 1. The van der Waals surface area contributed by atoms with Crippen LogP contribution in [0.1, 0.15) is 57.2 Å². The van der Waals surface area contributed by atoms with Crippen molar-refractivity contribution < 1.29 is 35.9 Å². The highest BCUT2D eigenvalue weighted by Gasteiger charge is 2.40. The second-order valence-corrected chi connectivity index (χ2v) is 8.73. The molecule has 178 valence electrons. The average Bonchev–Trinajstić information content (AvgIpc) is 3.07. The van der Waals surface area contributed by atoms with Crippen molar-refractivity contribution in [3.8, 4) is 6.19 Å². The standard InChI is InChI=1S/C21H25F6N3O2/c1-5-16-9-17(11-30(16)18(31)32-19(2,3)4)29(12-28)10-13-6-14(20(22,23)24)8-15(7-13)21(25,26)27/h6-8,16-17H,5,9-11H2,1-4H3/t16-,17+/m1/s1. The van der Waals surface area contributed by atoms with Crippen LogP contribution in [0.2, 0.25) is 0 Å². The van der Waals surface area contributed by atoms with E-state index in [9.17, 15) is 36.4 Å². The normalized spacial score (nSPS) is 19.6. The molecule has 1 aliphatic heterocycles. The van der Waals surface area contributed by atoms with Crippen LogP contribution < -0.4 is 0 Å². The molecule has 1 aromatic carbocycles. The van der Waals surface area contributed by atoms with Crippen LogP contribution in [0.25, 0.3) is 0 Å². The Kier molecular flexibility index (Phi) is 7.27. The van der Waals surface area contributed by atoms with E-state index in [0.717, 1.165) is 4.90 Å². The molecule has 5 nitrogen and oxygen atoms in total. The molecule has 0 spiro atoms. The lowest BCUT2D eigenvalue weighted by molar-refractivity contribution is -0.143. The van der Waals surface area contributed by atoms with Gasteiger partial charge in [-0.3, -0.25) is 0 Å². The number of nitriles is 1. The maximum Gasteiger partial charge on any atom is 0.416 e. The summed E-state index contributed by atoms with van der Waals surface area (Å²) < 4.78 is 84.1. The van der Waals surface area contributed by atoms with Gasteiger partial charge < -0.3 is 14.5 Å². The molecule has 0 aliphatic carbocycles. The smallest absolute Gasteiger partial charge is 0.416 e. The summed E-state index contributed by atoms with van der Waals surface area (Å²) in [5.74, 6) is 0. The molecule has 2 rings (SSSR count). The van der Waals surface area contributed by atoms with Crippen molar-refractivity contribution in [2.45, 2.75) is 77.1 Å². The van der Waals surface area contributed by atoms with E-state index in [0.29, 0.717) is 25.0 Å². The van der Waals surface area contributed by atoms with Crippen molar-refractivity contribution in [2.75, 3.05) is 6.54 Å². The second kappa shape index (κ2) is 9.08. The predicted octanol–water partition coefficient (Wildman–Crippen LogP) is 5.80. The Balaban J connectivity index is 2.29. The molecular formula is C21H25F6N3O2. The third kappa shape index (κ3) is 6.43. The Bertz CT molecular complexity index is 838. The van der Waals surface area contributed by atoms with Gasteiger partial charge in [-0.2, -0.15) is 31.6 Å². The molecule has 0 N–H and O–H groups in total. The van der Waals surface area contributed by atoms with Crippen molar-refractivity contribution in [3.05, 3.63) is 34.9 Å². The Morgan fingerprint density at radius 1 is 1.12 bits per heavy atom. The van der Waals surface area contributed by atoms with E-state index < -0.39 is 47.8 Å². The fourth-order valence-corrected chi connectivity index (χ4v) is 3.60. The number of carbonyl (C=O) groups excluding carboxylic acids is 1. The number of alkyl halides is 6. The molecule has 0 bridgehead atoms. The van der Waals surface area contributed by atoms with Gasteiger partial charge in [0.25, 0.3) is 0 Å². The van der Waals surface area contributed by atoms with E-state index in [-0.39, 0.29) is 24.2 Å². The highest BCUT2D eigenvalue weighted by Crippen LogP contribution is 2.37. The van der Waals surface area contributed by atoms with Crippen molar-refractivity contribution in [3.63, 3.8) is 0 Å². The van der Waals surface area contributed by atoms with Crippen LogP contribution in [0.5, 0.6) is 0 Å². The summed E-state index contributed by atoms with van der Waals surface area (Å²) >= 11 is 0. The van der Waals surface area contributed by atoms with Gasteiger partial charge in [0, 0.05) is 12.6 Å². The largest absolute Gasteiger partial charge is 0.444 e. The highest BCUT2D eigenvalue weighted by molar-refractivity contribution is 5.69. The van der Waals surface area contributed by atoms with Gasteiger partial charge in [0.2, 0.25) is 0 Å². The molecule has 0 aromatic heterocycles. The molecule has 11 heteroatoms. The van der Waals surface area contributed by atoms with E-state index in [2.05, 4.69) is 0 Å². The van der Waals surface area contributed by atoms with Gasteiger partial charge in [-0.15, -0.1) is 0 Å². The molecule has 1 amide bonds. The maximum absolute atomic E-state index is 13.1. The van der Waals surface area contributed by atoms with Gasteiger partial charge in [-0.25, -0.2) is 4.79 Å².